The Bertz CT molecular complexity index is 922. The molecule has 3 aromatic rings. The fourth-order valence-corrected chi connectivity index (χ4v) is 3.92. The van der Waals surface area contributed by atoms with Crippen LogP contribution < -0.4 is 10.9 Å². The van der Waals surface area contributed by atoms with E-state index >= 15 is 0 Å². The van der Waals surface area contributed by atoms with Crippen LogP contribution in [0.1, 0.15) is 35.4 Å². The van der Waals surface area contributed by atoms with Gasteiger partial charge in [-0.05, 0) is 31.0 Å². The standard InChI is InChI=1S/C16H15N3O2S/c20-14(17-10-5-1-2-6-10)12-9-11-15(22-12)18-13-7-3-4-8-19(13)16(11)21/h3-4,7-10H,1-2,5-6H2,(H,17,20). The normalized spacial score (nSPS) is 15.6. The number of nitrogens with zero attached hydrogens (tertiary/aromatic N) is 2. The predicted octanol–water partition coefficient (Wildman–Crippen LogP) is 2.58. The summed E-state index contributed by atoms with van der Waals surface area (Å²) in [4.78, 5) is 30.5. The molecule has 0 unspecified atom stereocenters. The number of hydrogen-bond donors (Lipinski definition) is 1. The Hall–Kier alpha value is -2.21. The highest BCUT2D eigenvalue weighted by Crippen LogP contribution is 2.23. The SMILES string of the molecule is O=C(NC1CCCC1)c1cc2c(=O)n3ccccc3nc2s1. The fourth-order valence-electron chi connectivity index (χ4n) is 2.99. The van der Waals surface area contributed by atoms with Crippen LogP contribution in [-0.4, -0.2) is 21.3 Å². The van der Waals surface area contributed by atoms with Crippen molar-refractivity contribution in [2.45, 2.75) is 31.7 Å². The van der Waals surface area contributed by atoms with Crippen LogP contribution in [0.3, 0.4) is 0 Å². The maximum atomic E-state index is 12.5. The second-order valence-corrected chi connectivity index (χ2v) is 6.66. The Labute approximate surface area is 130 Å². The summed E-state index contributed by atoms with van der Waals surface area (Å²) in [5, 5.41) is 3.56. The summed E-state index contributed by atoms with van der Waals surface area (Å²) in [5.74, 6) is -0.0941. The topological polar surface area (TPSA) is 63.5 Å². The summed E-state index contributed by atoms with van der Waals surface area (Å²) in [5.41, 5.74) is 0.473. The van der Waals surface area contributed by atoms with E-state index in [4.69, 9.17) is 0 Å². The molecule has 5 nitrogen and oxygen atoms in total. The van der Waals surface area contributed by atoms with E-state index in [9.17, 15) is 9.59 Å². The first-order chi connectivity index (χ1) is 10.7. The van der Waals surface area contributed by atoms with Crippen molar-refractivity contribution >= 4 is 33.1 Å². The molecule has 1 aliphatic rings. The lowest BCUT2D eigenvalue weighted by Gasteiger charge is -2.10. The Morgan fingerprint density at radius 2 is 2.14 bits per heavy atom. The molecule has 1 saturated carbocycles. The molecule has 3 aromatic heterocycles. The van der Waals surface area contributed by atoms with Crippen molar-refractivity contribution in [3.8, 4) is 0 Å². The molecule has 0 spiro atoms. The van der Waals surface area contributed by atoms with Crippen molar-refractivity contribution in [1.82, 2.24) is 14.7 Å². The lowest BCUT2D eigenvalue weighted by atomic mass is 10.2. The van der Waals surface area contributed by atoms with Gasteiger partial charge in [-0.15, -0.1) is 11.3 Å². The van der Waals surface area contributed by atoms with Crippen LogP contribution >= 0.6 is 11.3 Å². The molecule has 0 saturated heterocycles. The van der Waals surface area contributed by atoms with Crippen LogP contribution in [0.2, 0.25) is 0 Å². The number of carbonyl (C=O) groups is 1. The Balaban J connectivity index is 1.76. The number of amides is 1. The van der Waals surface area contributed by atoms with Crippen molar-refractivity contribution in [3.63, 3.8) is 0 Å². The van der Waals surface area contributed by atoms with Gasteiger partial charge in [0.05, 0.1) is 10.3 Å². The van der Waals surface area contributed by atoms with Gasteiger partial charge in [0.25, 0.3) is 11.5 Å². The Kier molecular flexibility index (Phi) is 3.18. The largest absolute Gasteiger partial charge is 0.349 e. The molecule has 22 heavy (non-hydrogen) atoms. The minimum absolute atomic E-state index is 0.0941. The van der Waals surface area contributed by atoms with E-state index in [0.717, 1.165) is 12.8 Å². The first-order valence-corrected chi connectivity index (χ1v) is 8.26. The molecular formula is C16H15N3O2S. The summed E-state index contributed by atoms with van der Waals surface area (Å²) >= 11 is 1.28. The van der Waals surface area contributed by atoms with Crippen LogP contribution in [0.5, 0.6) is 0 Å². The van der Waals surface area contributed by atoms with Crippen LogP contribution in [0, 0.1) is 0 Å². The minimum Gasteiger partial charge on any atom is -0.349 e. The Morgan fingerprint density at radius 1 is 1.32 bits per heavy atom. The maximum absolute atomic E-state index is 12.5. The van der Waals surface area contributed by atoms with E-state index in [-0.39, 0.29) is 17.5 Å². The molecule has 1 aliphatic carbocycles. The third kappa shape index (κ3) is 2.20. The number of thiophene rings is 1. The van der Waals surface area contributed by atoms with Crippen LogP contribution in [0.4, 0.5) is 0 Å². The number of hydrogen-bond acceptors (Lipinski definition) is 4. The predicted molar refractivity (Wildman–Crippen MR) is 86.6 cm³/mol. The van der Waals surface area contributed by atoms with Gasteiger partial charge in [-0.1, -0.05) is 18.9 Å². The molecule has 0 bridgehead atoms. The van der Waals surface area contributed by atoms with Crippen LogP contribution in [-0.2, 0) is 0 Å². The van der Waals surface area contributed by atoms with E-state index in [1.165, 1.54) is 28.6 Å². The summed E-state index contributed by atoms with van der Waals surface area (Å²) in [6, 6.07) is 7.36. The van der Waals surface area contributed by atoms with Gasteiger partial charge in [-0.3, -0.25) is 14.0 Å². The average Bonchev–Trinajstić information content (AvgIpc) is 3.17. The second kappa shape index (κ2) is 5.21. The third-order valence-electron chi connectivity index (χ3n) is 4.13. The number of carbonyl (C=O) groups excluding carboxylic acids is 1. The van der Waals surface area contributed by atoms with Crippen molar-refractivity contribution in [3.05, 3.63) is 45.7 Å². The fraction of sp³-hybridized carbons (Fsp3) is 0.312. The molecule has 3 heterocycles. The molecule has 6 heteroatoms. The zero-order chi connectivity index (χ0) is 15.1. The molecular weight excluding hydrogens is 298 g/mol. The van der Waals surface area contributed by atoms with Crippen molar-refractivity contribution in [1.29, 1.82) is 0 Å². The number of rotatable bonds is 2. The van der Waals surface area contributed by atoms with Gasteiger partial charge in [0, 0.05) is 12.2 Å². The minimum atomic E-state index is -0.128. The Morgan fingerprint density at radius 3 is 2.95 bits per heavy atom. The molecule has 0 atom stereocenters. The number of fused-ring (bicyclic) bond motifs is 2. The van der Waals surface area contributed by atoms with Gasteiger partial charge < -0.3 is 5.32 Å². The van der Waals surface area contributed by atoms with Gasteiger partial charge in [-0.2, -0.15) is 0 Å². The number of nitrogens with one attached hydrogen (secondary N) is 1. The van der Waals surface area contributed by atoms with E-state index in [1.54, 1.807) is 24.4 Å². The summed E-state index contributed by atoms with van der Waals surface area (Å²) in [6.45, 7) is 0. The van der Waals surface area contributed by atoms with Gasteiger partial charge in [0.2, 0.25) is 0 Å². The number of aromatic nitrogens is 2. The molecule has 4 rings (SSSR count). The van der Waals surface area contributed by atoms with E-state index in [1.807, 2.05) is 6.07 Å². The van der Waals surface area contributed by atoms with Crippen molar-refractivity contribution < 1.29 is 4.79 Å². The third-order valence-corrected chi connectivity index (χ3v) is 5.16. The monoisotopic (exact) mass is 313 g/mol. The van der Waals surface area contributed by atoms with Gasteiger partial charge in [0.1, 0.15) is 10.5 Å². The van der Waals surface area contributed by atoms with E-state index < -0.39 is 0 Å². The molecule has 1 fully saturated rings. The number of pyridine rings is 1. The summed E-state index contributed by atoms with van der Waals surface area (Å²) < 4.78 is 1.51. The van der Waals surface area contributed by atoms with Crippen molar-refractivity contribution in [2.75, 3.05) is 0 Å². The first-order valence-electron chi connectivity index (χ1n) is 7.44. The molecule has 0 aliphatic heterocycles. The zero-order valence-corrected chi connectivity index (χ0v) is 12.7. The smallest absolute Gasteiger partial charge is 0.266 e. The maximum Gasteiger partial charge on any atom is 0.266 e. The highest BCUT2D eigenvalue weighted by molar-refractivity contribution is 7.20. The highest BCUT2D eigenvalue weighted by atomic mass is 32.1. The van der Waals surface area contributed by atoms with E-state index in [0.29, 0.717) is 20.7 Å². The molecule has 0 radical (unpaired) electrons. The zero-order valence-electron chi connectivity index (χ0n) is 11.9. The summed E-state index contributed by atoms with van der Waals surface area (Å²) in [6.07, 6.45) is 6.13. The van der Waals surface area contributed by atoms with Crippen LogP contribution in [0.25, 0.3) is 15.9 Å². The quantitative estimate of drug-likeness (QED) is 0.791. The molecule has 1 N–H and O–H groups in total. The first kappa shape index (κ1) is 13.5. The second-order valence-electron chi connectivity index (χ2n) is 5.63. The molecule has 112 valence electrons. The van der Waals surface area contributed by atoms with E-state index in [2.05, 4.69) is 10.3 Å². The van der Waals surface area contributed by atoms with Gasteiger partial charge in [-0.25, -0.2) is 4.98 Å². The van der Waals surface area contributed by atoms with Crippen molar-refractivity contribution in [2.24, 2.45) is 0 Å². The van der Waals surface area contributed by atoms with Gasteiger partial charge in [0.15, 0.2) is 0 Å². The van der Waals surface area contributed by atoms with Gasteiger partial charge >= 0.3 is 0 Å². The molecule has 1 amide bonds. The lowest BCUT2D eigenvalue weighted by molar-refractivity contribution is 0.0942. The highest BCUT2D eigenvalue weighted by Gasteiger charge is 2.20. The average molecular weight is 313 g/mol. The lowest BCUT2D eigenvalue weighted by Crippen LogP contribution is -2.31. The van der Waals surface area contributed by atoms with Crippen LogP contribution in [0.15, 0.2) is 35.3 Å². The molecule has 0 aromatic carbocycles. The summed E-state index contributed by atoms with van der Waals surface area (Å²) in [7, 11) is 0.